The van der Waals surface area contributed by atoms with E-state index in [1.165, 1.54) is 0 Å². The van der Waals surface area contributed by atoms with Gasteiger partial charge in [0.15, 0.2) is 0 Å². The number of nitrogens with two attached hydrogens (primary N) is 1. The number of hydrogen-bond acceptors (Lipinski definition) is 5. The number of aromatic nitrogens is 3. The van der Waals surface area contributed by atoms with Crippen molar-refractivity contribution in [2.75, 3.05) is 0 Å². The first-order valence-electron chi connectivity index (χ1n) is 6.43. The second kappa shape index (κ2) is 5.27. The highest BCUT2D eigenvalue weighted by molar-refractivity contribution is 6.30. The number of halogens is 1. The Hall–Kier alpha value is -1.46. The van der Waals surface area contributed by atoms with Gasteiger partial charge in [-0.15, -0.1) is 0 Å². The Bertz CT molecular complexity index is 546. The molecule has 2 aromatic heterocycles. The Morgan fingerprint density at radius 3 is 2.68 bits per heavy atom. The van der Waals surface area contributed by atoms with E-state index in [1.807, 2.05) is 0 Å². The molecule has 100 valence electrons. The lowest BCUT2D eigenvalue weighted by Crippen LogP contribution is -2.25. The van der Waals surface area contributed by atoms with Crippen LogP contribution in [-0.4, -0.2) is 21.2 Å². The molecule has 0 saturated heterocycles. The predicted molar refractivity (Wildman–Crippen MR) is 71.7 cm³/mol. The molecule has 1 aliphatic carbocycles. The molecule has 0 bridgehead atoms. The van der Waals surface area contributed by atoms with E-state index in [4.69, 9.17) is 21.9 Å². The highest BCUT2D eigenvalue weighted by Crippen LogP contribution is 2.32. The van der Waals surface area contributed by atoms with E-state index in [-0.39, 0.29) is 0 Å². The normalized spacial score (nSPS) is 23.5. The Morgan fingerprint density at radius 2 is 2.00 bits per heavy atom. The Labute approximate surface area is 116 Å². The van der Waals surface area contributed by atoms with Crippen LogP contribution < -0.4 is 5.73 Å². The molecule has 0 aliphatic heterocycles. The quantitative estimate of drug-likeness (QED) is 0.914. The first-order chi connectivity index (χ1) is 9.22. The third kappa shape index (κ3) is 2.77. The van der Waals surface area contributed by atoms with Crippen molar-refractivity contribution in [2.45, 2.75) is 37.6 Å². The number of hydrogen-bond donors (Lipinski definition) is 1. The molecule has 19 heavy (non-hydrogen) atoms. The van der Waals surface area contributed by atoms with Crippen LogP contribution >= 0.6 is 11.6 Å². The summed E-state index contributed by atoms with van der Waals surface area (Å²) in [4.78, 5) is 8.62. The molecule has 0 unspecified atom stereocenters. The molecule has 3 rings (SSSR count). The zero-order chi connectivity index (χ0) is 13.2. The summed E-state index contributed by atoms with van der Waals surface area (Å²) in [6.07, 6.45) is 5.63. The van der Waals surface area contributed by atoms with Gasteiger partial charge in [0.1, 0.15) is 5.69 Å². The van der Waals surface area contributed by atoms with E-state index in [9.17, 15) is 0 Å². The second-order valence-corrected chi connectivity index (χ2v) is 5.37. The van der Waals surface area contributed by atoms with Crippen LogP contribution in [0.1, 0.15) is 37.5 Å². The van der Waals surface area contributed by atoms with Crippen molar-refractivity contribution >= 4 is 11.6 Å². The second-order valence-electron chi connectivity index (χ2n) is 4.93. The summed E-state index contributed by atoms with van der Waals surface area (Å²) >= 11 is 5.80. The van der Waals surface area contributed by atoms with Crippen LogP contribution in [-0.2, 0) is 0 Å². The van der Waals surface area contributed by atoms with E-state index >= 15 is 0 Å². The van der Waals surface area contributed by atoms with Gasteiger partial charge in [0.2, 0.25) is 11.7 Å². The lowest BCUT2D eigenvalue weighted by molar-refractivity contribution is 0.301. The fourth-order valence-electron chi connectivity index (χ4n) is 2.38. The zero-order valence-corrected chi connectivity index (χ0v) is 11.2. The third-order valence-electron chi connectivity index (χ3n) is 3.52. The Morgan fingerprint density at radius 1 is 1.21 bits per heavy atom. The molecule has 5 nitrogen and oxygen atoms in total. The van der Waals surface area contributed by atoms with Crippen molar-refractivity contribution in [1.82, 2.24) is 15.1 Å². The number of pyridine rings is 1. The molecule has 0 spiro atoms. The van der Waals surface area contributed by atoms with Gasteiger partial charge >= 0.3 is 0 Å². The van der Waals surface area contributed by atoms with Crippen LogP contribution in [0.3, 0.4) is 0 Å². The van der Waals surface area contributed by atoms with Crippen LogP contribution in [0, 0.1) is 0 Å². The molecule has 6 heteroatoms. The van der Waals surface area contributed by atoms with Crippen LogP contribution in [0.5, 0.6) is 0 Å². The Kier molecular flexibility index (Phi) is 3.48. The average Bonchev–Trinajstić information content (AvgIpc) is 2.90. The molecule has 1 fully saturated rings. The van der Waals surface area contributed by atoms with Crippen LogP contribution in [0.2, 0.25) is 5.02 Å². The van der Waals surface area contributed by atoms with Crippen LogP contribution in [0.25, 0.3) is 11.5 Å². The highest BCUT2D eigenvalue weighted by atomic mass is 35.5. The minimum absolute atomic E-state index is 0.316. The lowest BCUT2D eigenvalue weighted by Gasteiger charge is -2.22. The standard InChI is InChI=1S/C13H15ClN4O/c14-9-3-6-11(16-7-9)12-17-13(19-18-12)8-1-4-10(15)5-2-8/h3,6-8,10H,1-2,4-5,15H2. The van der Waals surface area contributed by atoms with E-state index < -0.39 is 0 Å². The SMILES string of the molecule is NC1CCC(c2nc(-c3ccc(Cl)cn3)no2)CC1. The largest absolute Gasteiger partial charge is 0.339 e. The van der Waals surface area contributed by atoms with Gasteiger partial charge in [0, 0.05) is 18.2 Å². The molecule has 1 saturated carbocycles. The summed E-state index contributed by atoms with van der Waals surface area (Å²) in [5, 5.41) is 4.58. The molecule has 2 heterocycles. The summed E-state index contributed by atoms with van der Waals surface area (Å²) in [6.45, 7) is 0. The van der Waals surface area contributed by atoms with Gasteiger partial charge in [-0.2, -0.15) is 4.98 Å². The average molecular weight is 279 g/mol. The van der Waals surface area contributed by atoms with Gasteiger partial charge in [0.05, 0.1) is 5.02 Å². The molecule has 0 radical (unpaired) electrons. The molecular formula is C13H15ClN4O. The molecule has 2 N–H and O–H groups in total. The minimum atomic E-state index is 0.316. The van der Waals surface area contributed by atoms with E-state index in [0.717, 1.165) is 25.7 Å². The summed E-state index contributed by atoms with van der Waals surface area (Å²) in [6, 6.07) is 3.87. The van der Waals surface area contributed by atoms with E-state index in [2.05, 4.69) is 15.1 Å². The number of nitrogens with zero attached hydrogens (tertiary/aromatic N) is 3. The maximum Gasteiger partial charge on any atom is 0.230 e. The van der Waals surface area contributed by atoms with E-state index in [1.54, 1.807) is 18.3 Å². The molecule has 1 aliphatic rings. The minimum Gasteiger partial charge on any atom is -0.339 e. The van der Waals surface area contributed by atoms with Gasteiger partial charge in [-0.1, -0.05) is 16.8 Å². The van der Waals surface area contributed by atoms with Gasteiger partial charge in [0.25, 0.3) is 0 Å². The monoisotopic (exact) mass is 278 g/mol. The smallest absolute Gasteiger partial charge is 0.230 e. The Balaban J connectivity index is 1.77. The molecule has 2 aromatic rings. The van der Waals surface area contributed by atoms with E-state index in [0.29, 0.717) is 34.4 Å². The van der Waals surface area contributed by atoms with Crippen molar-refractivity contribution in [1.29, 1.82) is 0 Å². The predicted octanol–water partition coefficient (Wildman–Crippen LogP) is 2.77. The van der Waals surface area contributed by atoms with Crippen molar-refractivity contribution < 1.29 is 4.52 Å². The maximum absolute atomic E-state index is 5.90. The van der Waals surface area contributed by atoms with Crippen LogP contribution in [0.15, 0.2) is 22.9 Å². The molecule has 0 atom stereocenters. The summed E-state index contributed by atoms with van der Waals surface area (Å²) in [5.41, 5.74) is 6.57. The highest BCUT2D eigenvalue weighted by Gasteiger charge is 2.25. The summed E-state index contributed by atoms with van der Waals surface area (Å²) < 4.78 is 5.35. The van der Waals surface area contributed by atoms with Crippen LogP contribution in [0.4, 0.5) is 0 Å². The molecule has 0 amide bonds. The topological polar surface area (TPSA) is 77.8 Å². The molecule has 0 aromatic carbocycles. The van der Waals surface area contributed by atoms with Crippen molar-refractivity contribution in [3.63, 3.8) is 0 Å². The van der Waals surface area contributed by atoms with Gasteiger partial charge in [-0.25, -0.2) is 0 Å². The van der Waals surface area contributed by atoms with Crippen molar-refractivity contribution in [3.8, 4) is 11.5 Å². The number of rotatable bonds is 2. The van der Waals surface area contributed by atoms with Gasteiger partial charge < -0.3 is 10.3 Å². The fourth-order valence-corrected chi connectivity index (χ4v) is 2.49. The summed E-state index contributed by atoms with van der Waals surface area (Å²) in [5.74, 6) is 1.54. The van der Waals surface area contributed by atoms with Crippen molar-refractivity contribution in [2.24, 2.45) is 5.73 Å². The van der Waals surface area contributed by atoms with Crippen molar-refractivity contribution in [3.05, 3.63) is 29.2 Å². The summed E-state index contributed by atoms with van der Waals surface area (Å²) in [7, 11) is 0. The third-order valence-corrected chi connectivity index (χ3v) is 3.74. The first kappa shape index (κ1) is 12.6. The van der Waals surface area contributed by atoms with Gasteiger partial charge in [-0.05, 0) is 37.8 Å². The zero-order valence-electron chi connectivity index (χ0n) is 10.4. The molecular weight excluding hydrogens is 264 g/mol. The fraction of sp³-hybridized carbons (Fsp3) is 0.462. The first-order valence-corrected chi connectivity index (χ1v) is 6.81. The lowest BCUT2D eigenvalue weighted by atomic mass is 9.86. The maximum atomic E-state index is 5.90. The van der Waals surface area contributed by atoms with Gasteiger partial charge in [-0.3, -0.25) is 4.98 Å².